The third-order valence-corrected chi connectivity index (χ3v) is 7.83. The predicted molar refractivity (Wildman–Crippen MR) is 136 cm³/mol. The van der Waals surface area contributed by atoms with Crippen LogP contribution in [0.3, 0.4) is 0 Å². The molecular formula is C22H21BCl2FN5O2S. The Bertz CT molecular complexity index is 1470. The van der Waals surface area contributed by atoms with E-state index in [2.05, 4.69) is 10.4 Å². The van der Waals surface area contributed by atoms with Crippen LogP contribution in [0.15, 0.2) is 59.6 Å². The molecule has 34 heavy (non-hydrogen) atoms. The molecule has 4 aromatic rings. The molecule has 0 spiro atoms. The summed E-state index contributed by atoms with van der Waals surface area (Å²) in [5.74, 6) is 0.0463. The van der Waals surface area contributed by atoms with Crippen LogP contribution >= 0.6 is 23.2 Å². The molecule has 0 aliphatic rings. The Morgan fingerprint density at radius 3 is 2.65 bits per heavy atom. The van der Waals surface area contributed by atoms with Crippen molar-refractivity contribution in [3.05, 3.63) is 70.6 Å². The molecule has 2 heterocycles. The molecule has 0 saturated heterocycles. The second-order valence-electron chi connectivity index (χ2n) is 7.75. The SMILES string of the molecule is Bc1cnn2c(NCCCN(C)S(=O)(=O)c3ccc(F)c(Cl)c3)cc(-c3ccccc3Cl)nc12. The van der Waals surface area contributed by atoms with E-state index in [0.29, 0.717) is 35.1 Å². The van der Waals surface area contributed by atoms with Crippen molar-refractivity contribution in [2.75, 3.05) is 25.5 Å². The first kappa shape index (κ1) is 24.5. The van der Waals surface area contributed by atoms with Crippen molar-refractivity contribution in [3.8, 4) is 11.3 Å². The van der Waals surface area contributed by atoms with Crippen molar-refractivity contribution in [2.45, 2.75) is 11.3 Å². The van der Waals surface area contributed by atoms with Crippen LogP contribution in [0.1, 0.15) is 6.42 Å². The van der Waals surface area contributed by atoms with Gasteiger partial charge in [-0.15, -0.1) is 0 Å². The molecule has 176 valence electrons. The number of sulfonamides is 1. The molecule has 0 atom stereocenters. The lowest BCUT2D eigenvalue weighted by Crippen LogP contribution is -2.29. The summed E-state index contributed by atoms with van der Waals surface area (Å²) >= 11 is 12.1. The molecule has 0 aliphatic heterocycles. The molecule has 0 unspecified atom stereocenters. The highest BCUT2D eigenvalue weighted by molar-refractivity contribution is 7.89. The first-order valence-electron chi connectivity index (χ1n) is 10.4. The quantitative estimate of drug-likeness (QED) is 0.285. The van der Waals surface area contributed by atoms with E-state index < -0.39 is 15.8 Å². The van der Waals surface area contributed by atoms with E-state index in [4.69, 9.17) is 28.2 Å². The number of aromatic nitrogens is 3. The Hall–Kier alpha value is -2.66. The summed E-state index contributed by atoms with van der Waals surface area (Å²) in [6.07, 6.45) is 2.24. The maximum absolute atomic E-state index is 13.4. The summed E-state index contributed by atoms with van der Waals surface area (Å²) < 4.78 is 41.8. The zero-order chi connectivity index (χ0) is 24.5. The number of rotatable bonds is 8. The average molecular weight is 520 g/mol. The fourth-order valence-corrected chi connectivity index (χ4v) is 5.18. The van der Waals surface area contributed by atoms with E-state index in [1.807, 2.05) is 38.2 Å². The van der Waals surface area contributed by atoms with Gasteiger partial charge in [0, 0.05) is 43.0 Å². The Morgan fingerprint density at radius 2 is 1.91 bits per heavy atom. The number of hydrogen-bond acceptors (Lipinski definition) is 5. The van der Waals surface area contributed by atoms with Crippen molar-refractivity contribution in [2.24, 2.45) is 0 Å². The van der Waals surface area contributed by atoms with Crippen molar-refractivity contribution < 1.29 is 12.8 Å². The van der Waals surface area contributed by atoms with Gasteiger partial charge in [0.05, 0.1) is 15.6 Å². The molecule has 4 rings (SSSR count). The minimum absolute atomic E-state index is 0.0541. The van der Waals surface area contributed by atoms with Gasteiger partial charge in [-0.2, -0.15) is 9.61 Å². The van der Waals surface area contributed by atoms with E-state index in [1.165, 1.54) is 17.4 Å². The maximum Gasteiger partial charge on any atom is 0.242 e. The van der Waals surface area contributed by atoms with Crippen LogP contribution in [0.5, 0.6) is 0 Å². The van der Waals surface area contributed by atoms with Crippen LogP contribution in [0.2, 0.25) is 10.0 Å². The normalized spacial score (nSPS) is 11.9. The fraction of sp³-hybridized carbons (Fsp3) is 0.182. The molecule has 2 aromatic heterocycles. The van der Waals surface area contributed by atoms with Crippen LogP contribution in [0.25, 0.3) is 16.9 Å². The van der Waals surface area contributed by atoms with E-state index in [-0.39, 0.29) is 16.5 Å². The van der Waals surface area contributed by atoms with Gasteiger partial charge in [0.25, 0.3) is 0 Å². The van der Waals surface area contributed by atoms with Gasteiger partial charge in [0.2, 0.25) is 10.0 Å². The predicted octanol–water partition coefficient (Wildman–Crippen LogP) is 3.22. The standard InChI is InChI=1S/C22H21BCl2FN5O2S/c1-30(34(32,33)14-7-8-19(26)18(25)11-14)10-4-9-27-21-12-20(15-5-2-3-6-17(15)24)29-22-16(23)13-28-31(21)22/h2-3,5-8,11-13,27H,4,9-10,23H2,1H3. The lowest BCUT2D eigenvalue weighted by molar-refractivity contribution is 0.465. The van der Waals surface area contributed by atoms with Crippen molar-refractivity contribution >= 4 is 58.0 Å². The molecule has 0 bridgehead atoms. The maximum atomic E-state index is 13.4. The number of fused-ring (bicyclic) bond motifs is 1. The van der Waals surface area contributed by atoms with E-state index >= 15 is 0 Å². The third kappa shape index (κ3) is 4.90. The van der Waals surface area contributed by atoms with E-state index in [9.17, 15) is 12.8 Å². The van der Waals surface area contributed by atoms with Crippen LogP contribution in [0.4, 0.5) is 10.2 Å². The van der Waals surface area contributed by atoms with E-state index in [0.717, 1.165) is 23.2 Å². The Morgan fingerprint density at radius 1 is 1.15 bits per heavy atom. The summed E-state index contributed by atoms with van der Waals surface area (Å²) in [6.45, 7) is 0.720. The van der Waals surface area contributed by atoms with Gasteiger partial charge in [0.15, 0.2) is 5.65 Å². The summed E-state index contributed by atoms with van der Waals surface area (Å²) in [5.41, 5.74) is 3.13. The van der Waals surface area contributed by atoms with Crippen LogP contribution in [-0.2, 0) is 10.0 Å². The average Bonchev–Trinajstić information content (AvgIpc) is 3.19. The lowest BCUT2D eigenvalue weighted by atomic mass is 10.0. The highest BCUT2D eigenvalue weighted by Crippen LogP contribution is 2.28. The molecule has 12 heteroatoms. The van der Waals surface area contributed by atoms with Crippen molar-refractivity contribution in [3.63, 3.8) is 0 Å². The molecule has 0 radical (unpaired) electrons. The molecule has 7 nitrogen and oxygen atoms in total. The van der Waals surface area contributed by atoms with Gasteiger partial charge in [0.1, 0.15) is 19.5 Å². The zero-order valence-electron chi connectivity index (χ0n) is 18.5. The first-order valence-corrected chi connectivity index (χ1v) is 12.6. The second kappa shape index (κ2) is 9.91. The molecule has 0 saturated carbocycles. The smallest absolute Gasteiger partial charge is 0.242 e. The van der Waals surface area contributed by atoms with Crippen molar-refractivity contribution in [1.29, 1.82) is 0 Å². The fourth-order valence-electron chi connectivity index (χ4n) is 3.46. The Labute approximate surface area is 208 Å². The minimum atomic E-state index is -3.79. The third-order valence-electron chi connectivity index (χ3n) is 5.35. The van der Waals surface area contributed by atoms with E-state index in [1.54, 1.807) is 10.7 Å². The molecule has 0 fully saturated rings. The van der Waals surface area contributed by atoms with Gasteiger partial charge < -0.3 is 5.32 Å². The summed E-state index contributed by atoms with van der Waals surface area (Å²) in [5, 5.41) is 8.07. The van der Waals surface area contributed by atoms with Gasteiger partial charge in [-0.05, 0) is 36.1 Å². The highest BCUT2D eigenvalue weighted by atomic mass is 35.5. The first-order chi connectivity index (χ1) is 16.2. The number of halogens is 3. The molecule has 2 aromatic carbocycles. The monoisotopic (exact) mass is 519 g/mol. The lowest BCUT2D eigenvalue weighted by Gasteiger charge is -2.18. The minimum Gasteiger partial charge on any atom is -0.370 e. The molecular weight excluding hydrogens is 499 g/mol. The highest BCUT2D eigenvalue weighted by Gasteiger charge is 2.21. The molecule has 0 aliphatic carbocycles. The van der Waals surface area contributed by atoms with Gasteiger partial charge in [-0.3, -0.25) is 0 Å². The molecule has 1 N–H and O–H groups in total. The molecule has 0 amide bonds. The summed E-state index contributed by atoms with van der Waals surface area (Å²) in [6, 6.07) is 12.7. The van der Waals surface area contributed by atoms with Gasteiger partial charge in [-0.25, -0.2) is 22.1 Å². The van der Waals surface area contributed by atoms with Crippen LogP contribution < -0.4 is 10.8 Å². The van der Waals surface area contributed by atoms with Gasteiger partial charge >= 0.3 is 0 Å². The number of benzene rings is 2. The topological polar surface area (TPSA) is 79.6 Å². The number of nitrogens with zero attached hydrogens (tertiary/aromatic N) is 4. The van der Waals surface area contributed by atoms with Crippen LogP contribution in [-0.4, -0.2) is 55.3 Å². The number of hydrogen-bond donors (Lipinski definition) is 1. The van der Waals surface area contributed by atoms with Gasteiger partial charge in [-0.1, -0.05) is 41.4 Å². The van der Waals surface area contributed by atoms with Crippen LogP contribution in [0, 0.1) is 5.82 Å². The summed E-state index contributed by atoms with van der Waals surface area (Å²) in [7, 11) is -0.387. The zero-order valence-corrected chi connectivity index (χ0v) is 20.8. The second-order valence-corrected chi connectivity index (χ2v) is 10.6. The number of nitrogens with one attached hydrogen (secondary N) is 1. The largest absolute Gasteiger partial charge is 0.370 e. The summed E-state index contributed by atoms with van der Waals surface area (Å²) in [4.78, 5) is 4.66. The van der Waals surface area contributed by atoms with Crippen molar-refractivity contribution in [1.82, 2.24) is 18.9 Å². The Kier molecular flexibility index (Phi) is 7.13. The number of anilines is 1. The Balaban J connectivity index is 1.48.